The van der Waals surface area contributed by atoms with Crippen LogP contribution in [0.3, 0.4) is 0 Å². The number of hydrogen-bond donors (Lipinski definition) is 1. The first-order valence-electron chi connectivity index (χ1n) is 5.35. The molecule has 2 rings (SSSR count). The Balaban J connectivity index is 1.78. The summed E-state index contributed by atoms with van der Waals surface area (Å²) in [5, 5.41) is 4.58. The summed E-state index contributed by atoms with van der Waals surface area (Å²) in [4.78, 5) is 24.1. The van der Waals surface area contributed by atoms with Crippen LogP contribution in [0.15, 0.2) is 17.5 Å². The average molecular weight is 351 g/mol. The van der Waals surface area contributed by atoms with Crippen molar-refractivity contribution < 1.29 is 14.3 Å². The highest BCUT2D eigenvalue weighted by Crippen LogP contribution is 2.29. The fraction of sp³-hybridized carbons (Fsp3) is 0.182. The maximum absolute atomic E-state index is 11.6. The predicted molar refractivity (Wildman–Crippen MR) is 78.6 cm³/mol. The Bertz CT molecular complexity index is 613. The molecule has 106 valence electrons. The highest BCUT2D eigenvalue weighted by Gasteiger charge is 2.19. The molecule has 0 radical (unpaired) electrons. The number of carbonyl (C=O) groups excluding carboxylic acids is 2. The van der Waals surface area contributed by atoms with Crippen LogP contribution in [0, 0.1) is 0 Å². The lowest BCUT2D eigenvalue weighted by molar-refractivity contribution is -0.124. The number of thiophene rings is 1. The molecule has 9 heteroatoms. The van der Waals surface area contributed by atoms with Gasteiger partial charge in [-0.15, -0.1) is 11.3 Å². The summed E-state index contributed by atoms with van der Waals surface area (Å²) in [6.45, 7) is 0.00696. The van der Waals surface area contributed by atoms with E-state index in [9.17, 15) is 9.59 Å². The van der Waals surface area contributed by atoms with Gasteiger partial charge in [0.2, 0.25) is 0 Å². The normalized spacial score (nSPS) is 10.3. The van der Waals surface area contributed by atoms with Crippen LogP contribution in [0.25, 0.3) is 0 Å². The van der Waals surface area contributed by atoms with Gasteiger partial charge in [-0.3, -0.25) is 4.79 Å². The molecule has 0 aromatic carbocycles. The van der Waals surface area contributed by atoms with E-state index >= 15 is 0 Å². The summed E-state index contributed by atoms with van der Waals surface area (Å²) in [7, 11) is 0. The molecule has 0 saturated heterocycles. The van der Waals surface area contributed by atoms with E-state index in [1.54, 1.807) is 0 Å². The third kappa shape index (κ3) is 3.92. The maximum Gasteiger partial charge on any atom is 0.360 e. The smallest absolute Gasteiger partial charge is 0.360 e. The summed E-state index contributed by atoms with van der Waals surface area (Å²) in [6, 6.07) is 3.79. The zero-order valence-electron chi connectivity index (χ0n) is 9.89. The highest BCUT2D eigenvalue weighted by atomic mass is 35.5. The maximum atomic E-state index is 11.6. The topological polar surface area (TPSA) is 68.3 Å². The number of carbonyl (C=O) groups is 2. The number of nitrogens with zero attached hydrogens (tertiary/aromatic N) is 1. The van der Waals surface area contributed by atoms with Crippen LogP contribution in [0.1, 0.15) is 15.4 Å². The minimum Gasteiger partial charge on any atom is -0.451 e. The molecular weight excluding hydrogens is 343 g/mol. The number of ether oxygens (including phenoxy) is 1. The Morgan fingerprint density at radius 2 is 2.20 bits per heavy atom. The Morgan fingerprint density at radius 3 is 2.80 bits per heavy atom. The van der Waals surface area contributed by atoms with E-state index < -0.39 is 18.5 Å². The third-order valence-electron chi connectivity index (χ3n) is 2.17. The summed E-state index contributed by atoms with van der Waals surface area (Å²) < 4.78 is 8.77. The van der Waals surface area contributed by atoms with Gasteiger partial charge >= 0.3 is 5.97 Å². The van der Waals surface area contributed by atoms with Crippen molar-refractivity contribution in [1.82, 2.24) is 9.69 Å². The Labute approximate surface area is 132 Å². The first-order chi connectivity index (χ1) is 9.58. The molecule has 2 heterocycles. The van der Waals surface area contributed by atoms with Crippen LogP contribution in [0.5, 0.6) is 0 Å². The van der Waals surface area contributed by atoms with Gasteiger partial charge < -0.3 is 10.1 Å². The first kappa shape index (κ1) is 15.2. The molecule has 1 amide bonds. The second-order valence-corrected chi connectivity index (χ2v) is 6.34. The Hall–Kier alpha value is -1.15. The molecule has 0 unspecified atom stereocenters. The molecule has 2 aromatic rings. The van der Waals surface area contributed by atoms with Gasteiger partial charge in [0.15, 0.2) is 12.3 Å². The van der Waals surface area contributed by atoms with Crippen LogP contribution in [0.4, 0.5) is 0 Å². The van der Waals surface area contributed by atoms with E-state index in [2.05, 4.69) is 9.69 Å². The summed E-state index contributed by atoms with van der Waals surface area (Å²) in [5.41, 5.74) is -0.0762. The predicted octanol–water partition coefficient (Wildman–Crippen LogP) is 2.98. The van der Waals surface area contributed by atoms with Crippen molar-refractivity contribution in [2.24, 2.45) is 0 Å². The van der Waals surface area contributed by atoms with Gasteiger partial charge in [-0.2, -0.15) is 4.37 Å². The highest BCUT2D eigenvalue weighted by molar-refractivity contribution is 7.11. The van der Waals surface area contributed by atoms with Crippen molar-refractivity contribution in [3.63, 3.8) is 0 Å². The molecule has 0 aliphatic rings. The lowest BCUT2D eigenvalue weighted by atomic mass is 10.4. The standard InChI is InChI=1S/C11H8Cl2N2O3S2/c12-8-9(15-20-10(8)13)11(17)18-5-7(16)14-4-6-2-1-3-19-6/h1-3H,4-5H2,(H,14,16). The van der Waals surface area contributed by atoms with E-state index in [1.165, 1.54) is 11.3 Å². The van der Waals surface area contributed by atoms with E-state index in [1.807, 2.05) is 17.5 Å². The molecule has 0 atom stereocenters. The number of hydrogen-bond acceptors (Lipinski definition) is 6. The summed E-state index contributed by atoms with van der Waals surface area (Å²) in [6.07, 6.45) is 0. The Kier molecular flexibility index (Phi) is 5.36. The molecule has 5 nitrogen and oxygen atoms in total. The zero-order valence-corrected chi connectivity index (χ0v) is 13.0. The average Bonchev–Trinajstić information content (AvgIpc) is 3.05. The minimum absolute atomic E-state index is 0.0423. The number of halogens is 2. The van der Waals surface area contributed by atoms with Gasteiger partial charge in [0.1, 0.15) is 9.36 Å². The van der Waals surface area contributed by atoms with Gasteiger partial charge in [0, 0.05) is 4.88 Å². The second-order valence-electron chi connectivity index (χ2n) is 3.55. The molecule has 0 aliphatic carbocycles. The molecule has 0 spiro atoms. The van der Waals surface area contributed by atoms with Gasteiger partial charge in [0.05, 0.1) is 6.54 Å². The molecule has 1 N–H and O–H groups in total. The fourth-order valence-electron chi connectivity index (χ4n) is 1.24. The molecule has 0 bridgehead atoms. The van der Waals surface area contributed by atoms with Crippen molar-refractivity contribution in [2.45, 2.75) is 6.54 Å². The lowest BCUT2D eigenvalue weighted by Crippen LogP contribution is -2.28. The van der Waals surface area contributed by atoms with Crippen LogP contribution >= 0.6 is 46.1 Å². The van der Waals surface area contributed by atoms with Crippen molar-refractivity contribution in [3.05, 3.63) is 37.4 Å². The SMILES string of the molecule is O=C(COC(=O)c1nsc(Cl)c1Cl)NCc1cccs1. The monoisotopic (exact) mass is 350 g/mol. The van der Waals surface area contributed by atoms with Crippen LogP contribution in [-0.4, -0.2) is 22.9 Å². The minimum atomic E-state index is -0.774. The number of rotatable bonds is 5. The van der Waals surface area contributed by atoms with Gasteiger partial charge in [-0.05, 0) is 23.0 Å². The van der Waals surface area contributed by atoms with Crippen LogP contribution < -0.4 is 5.32 Å². The first-order valence-corrected chi connectivity index (χ1v) is 7.75. The molecule has 0 aliphatic heterocycles. The van der Waals surface area contributed by atoms with E-state index in [0.717, 1.165) is 16.4 Å². The van der Waals surface area contributed by atoms with E-state index in [-0.39, 0.29) is 15.1 Å². The zero-order chi connectivity index (χ0) is 14.5. The second kappa shape index (κ2) is 7.03. The lowest BCUT2D eigenvalue weighted by Gasteiger charge is -2.04. The van der Waals surface area contributed by atoms with Crippen LogP contribution in [0.2, 0.25) is 9.36 Å². The van der Waals surface area contributed by atoms with Crippen molar-refractivity contribution in [2.75, 3.05) is 6.61 Å². The number of aromatic nitrogens is 1. The van der Waals surface area contributed by atoms with E-state index in [4.69, 9.17) is 27.9 Å². The number of esters is 1. The van der Waals surface area contributed by atoms with Gasteiger partial charge in [-0.1, -0.05) is 29.3 Å². The van der Waals surface area contributed by atoms with Crippen LogP contribution in [-0.2, 0) is 16.1 Å². The molecular formula is C11H8Cl2N2O3S2. The van der Waals surface area contributed by atoms with Crippen molar-refractivity contribution >= 4 is 57.9 Å². The third-order valence-corrected chi connectivity index (χ3v) is 4.65. The molecule has 0 fully saturated rings. The Morgan fingerprint density at radius 1 is 1.40 bits per heavy atom. The summed E-state index contributed by atoms with van der Waals surface area (Å²) >= 11 is 13.9. The number of nitrogens with one attached hydrogen (secondary N) is 1. The number of amides is 1. The van der Waals surface area contributed by atoms with Gasteiger partial charge in [-0.25, -0.2) is 4.79 Å². The van der Waals surface area contributed by atoms with Crippen molar-refractivity contribution in [3.8, 4) is 0 Å². The largest absolute Gasteiger partial charge is 0.451 e. The van der Waals surface area contributed by atoms with E-state index in [0.29, 0.717) is 6.54 Å². The van der Waals surface area contributed by atoms with Gasteiger partial charge in [0.25, 0.3) is 5.91 Å². The summed E-state index contributed by atoms with van der Waals surface area (Å²) in [5.74, 6) is -1.17. The van der Waals surface area contributed by atoms with Crippen molar-refractivity contribution in [1.29, 1.82) is 0 Å². The molecule has 2 aromatic heterocycles. The quantitative estimate of drug-likeness (QED) is 0.841. The molecule has 0 saturated carbocycles. The fourth-order valence-corrected chi connectivity index (χ4v) is 2.86. The molecule has 20 heavy (non-hydrogen) atoms.